The molecule has 1 heterocycles. The second-order valence-electron chi connectivity index (χ2n) is 4.58. The number of aromatic nitrogens is 1. The molecule has 0 unspecified atom stereocenters. The van der Waals surface area contributed by atoms with E-state index in [1.54, 1.807) is 6.92 Å². The molecule has 0 saturated heterocycles. The minimum atomic E-state index is -3.92. The van der Waals surface area contributed by atoms with E-state index in [2.05, 4.69) is 78.4 Å². The number of fused-ring (bicyclic) bond motifs is 3. The van der Waals surface area contributed by atoms with Gasteiger partial charge < -0.3 is 9.54 Å². The Balaban J connectivity index is 0.000000417. The Morgan fingerprint density at radius 2 is 1.46 bits per heavy atom. The van der Waals surface area contributed by atoms with Gasteiger partial charge in [-0.15, -0.1) is 12.6 Å². The molecule has 3 aromatic rings. The van der Waals surface area contributed by atoms with Crippen LogP contribution >= 0.6 is 24.8 Å². The maximum Gasteiger partial charge on any atom is 1.00 e. The van der Waals surface area contributed by atoms with Gasteiger partial charge in [-0.05, 0) is 18.6 Å². The van der Waals surface area contributed by atoms with Crippen LogP contribution in [0.4, 0.5) is 0 Å². The number of H-pyrrole nitrogens is 1. The third kappa shape index (κ3) is 8.11. The fourth-order valence-corrected chi connectivity index (χ4v) is 2.55. The minimum absolute atomic E-state index is 0. The second kappa shape index (κ2) is 12.0. The zero-order valence-electron chi connectivity index (χ0n) is 13.6. The standard InChI is InChI=1S/C12H9N.C3H8O3S.CH2S2.Na/c1-3-7-11-9(5-1)10-6-2-4-8-12(10)13-11;1-2-3-7(4,5)6;2-1-3;/h1-8,13H;2-3H2,1H3,(H,4,5,6);1H,(H,2,3);/q;;;+1/p-1. The van der Waals surface area contributed by atoms with E-state index in [4.69, 9.17) is 0 Å². The minimum Gasteiger partial charge on any atom is -0.748 e. The summed E-state index contributed by atoms with van der Waals surface area (Å²) in [5.41, 5.74) is 2.42. The summed E-state index contributed by atoms with van der Waals surface area (Å²) in [6.45, 7) is 1.65. The summed E-state index contributed by atoms with van der Waals surface area (Å²) in [4.78, 5) is 3.38. The van der Waals surface area contributed by atoms with Gasteiger partial charge in [-0.1, -0.05) is 55.5 Å². The van der Waals surface area contributed by atoms with Gasteiger partial charge in [0.2, 0.25) is 0 Å². The first kappa shape index (κ1) is 23.6. The zero-order valence-corrected chi connectivity index (χ0v) is 18.1. The summed E-state index contributed by atoms with van der Waals surface area (Å²) >= 11 is 7.61. The fraction of sp³-hybridized carbons (Fsp3) is 0.188. The largest absolute Gasteiger partial charge is 1.00 e. The molecule has 8 heteroatoms. The van der Waals surface area contributed by atoms with Crippen molar-refractivity contribution in [2.45, 2.75) is 13.3 Å². The molecule has 0 amide bonds. The van der Waals surface area contributed by atoms with Crippen molar-refractivity contribution in [2.24, 2.45) is 0 Å². The molecule has 0 spiro atoms. The Bertz CT molecular complexity index is 813. The topological polar surface area (TPSA) is 73.0 Å². The van der Waals surface area contributed by atoms with Crippen LogP contribution in [0.3, 0.4) is 0 Å². The van der Waals surface area contributed by atoms with E-state index in [0.717, 1.165) is 0 Å². The van der Waals surface area contributed by atoms with Crippen molar-refractivity contribution < 1.29 is 42.5 Å². The van der Waals surface area contributed by atoms with Crippen molar-refractivity contribution in [2.75, 3.05) is 5.75 Å². The van der Waals surface area contributed by atoms with E-state index in [9.17, 15) is 13.0 Å². The number of thiol groups is 1. The van der Waals surface area contributed by atoms with Crippen molar-refractivity contribution in [1.29, 1.82) is 0 Å². The number of rotatable bonds is 2. The van der Waals surface area contributed by atoms with Crippen LogP contribution in [0.25, 0.3) is 21.8 Å². The van der Waals surface area contributed by atoms with Crippen LogP contribution in [0, 0.1) is 0 Å². The number of hydrogen-bond acceptors (Lipinski definition) is 4. The van der Waals surface area contributed by atoms with E-state index in [0.29, 0.717) is 6.42 Å². The summed E-state index contributed by atoms with van der Waals surface area (Å²) in [6.07, 6.45) is 0.409. The van der Waals surface area contributed by atoms with Gasteiger partial charge in [-0.2, -0.15) is 0 Å². The molecule has 0 aliphatic rings. The molecule has 1 aromatic heterocycles. The van der Waals surface area contributed by atoms with Gasteiger partial charge in [-0.3, -0.25) is 0 Å². The van der Waals surface area contributed by atoms with E-state index in [1.165, 1.54) is 26.5 Å². The van der Waals surface area contributed by atoms with Crippen LogP contribution in [-0.2, 0) is 10.1 Å². The third-order valence-electron chi connectivity index (χ3n) is 2.87. The summed E-state index contributed by atoms with van der Waals surface area (Å²) in [5, 5.41) is 2.61. The van der Waals surface area contributed by atoms with Crippen molar-refractivity contribution >= 4 is 61.5 Å². The maximum atomic E-state index is 9.68. The summed E-state index contributed by atoms with van der Waals surface area (Å²) in [6, 6.07) is 16.8. The summed E-state index contributed by atoms with van der Waals surface area (Å²) in [5.74, 6) is -0.243. The van der Waals surface area contributed by atoms with Crippen LogP contribution in [-0.4, -0.2) is 28.4 Å². The molecule has 0 fully saturated rings. The summed E-state index contributed by atoms with van der Waals surface area (Å²) < 4.78 is 30.3. The van der Waals surface area contributed by atoms with Crippen molar-refractivity contribution in [3.63, 3.8) is 0 Å². The Kier molecular flexibility index (Phi) is 11.8. The zero-order chi connectivity index (χ0) is 17.3. The van der Waals surface area contributed by atoms with Crippen LogP contribution in [0.5, 0.6) is 0 Å². The molecule has 1 N–H and O–H groups in total. The maximum absolute atomic E-state index is 9.68. The van der Waals surface area contributed by atoms with E-state index >= 15 is 0 Å². The molecule has 0 bridgehead atoms. The fourth-order valence-electron chi connectivity index (χ4n) is 2.05. The number of hydrogen-bond donors (Lipinski definition) is 2. The first-order chi connectivity index (χ1) is 10.9. The van der Waals surface area contributed by atoms with E-state index < -0.39 is 10.1 Å². The molecule has 0 radical (unpaired) electrons. The number of para-hydroxylation sites is 2. The Hall–Kier alpha value is -0.410. The third-order valence-corrected chi connectivity index (χ3v) is 3.78. The predicted molar refractivity (Wildman–Crippen MR) is 103 cm³/mol. The number of aromatic amines is 1. The van der Waals surface area contributed by atoms with Crippen LogP contribution in [0.2, 0.25) is 0 Å². The molecule has 0 aliphatic heterocycles. The SMILES string of the molecule is CCCS(=O)(=O)[O-].S=CS.[Na+].c1ccc2c(c1)[nH]c1ccccc12. The molecular formula is C16H18NNaO3S3. The van der Waals surface area contributed by atoms with Gasteiger partial charge in [-0.25, -0.2) is 8.42 Å². The van der Waals surface area contributed by atoms with Gasteiger partial charge in [0.25, 0.3) is 0 Å². The van der Waals surface area contributed by atoms with E-state index in [-0.39, 0.29) is 35.3 Å². The Morgan fingerprint density at radius 1 is 1.08 bits per heavy atom. The monoisotopic (exact) mass is 391 g/mol. The molecule has 0 aliphatic carbocycles. The smallest absolute Gasteiger partial charge is 0.748 e. The molecular weight excluding hydrogens is 373 g/mol. The van der Waals surface area contributed by atoms with Crippen molar-refractivity contribution in [1.82, 2.24) is 4.98 Å². The predicted octanol–water partition coefficient (Wildman–Crippen LogP) is 1.14. The summed E-state index contributed by atoms with van der Waals surface area (Å²) in [7, 11) is -3.92. The normalized spacial score (nSPS) is 9.96. The van der Waals surface area contributed by atoms with Crippen molar-refractivity contribution in [3.05, 3.63) is 48.5 Å². The molecule has 3 rings (SSSR count). The van der Waals surface area contributed by atoms with Crippen LogP contribution in [0.1, 0.15) is 13.3 Å². The van der Waals surface area contributed by atoms with Gasteiger partial charge >= 0.3 is 29.6 Å². The molecule has 24 heavy (non-hydrogen) atoms. The molecule has 0 atom stereocenters. The molecule has 0 saturated carbocycles. The average Bonchev–Trinajstić information content (AvgIpc) is 2.86. The van der Waals surface area contributed by atoms with Gasteiger partial charge in [0, 0.05) is 32.3 Å². The number of nitrogens with one attached hydrogen (secondary N) is 1. The van der Waals surface area contributed by atoms with Crippen LogP contribution in [0.15, 0.2) is 48.5 Å². The van der Waals surface area contributed by atoms with E-state index in [1.807, 2.05) is 0 Å². The number of benzene rings is 2. The quantitative estimate of drug-likeness (QED) is 0.297. The van der Waals surface area contributed by atoms with Gasteiger partial charge in [0.1, 0.15) is 0 Å². The van der Waals surface area contributed by atoms with Gasteiger partial charge in [0.05, 0.1) is 10.1 Å². The molecule has 2 aromatic carbocycles. The molecule has 124 valence electrons. The van der Waals surface area contributed by atoms with Gasteiger partial charge in [0.15, 0.2) is 0 Å². The second-order valence-corrected chi connectivity index (χ2v) is 6.95. The Labute approximate surface area is 175 Å². The number of thiocarbonyl (C=S) groups is 1. The first-order valence-electron chi connectivity index (χ1n) is 6.89. The molecule has 4 nitrogen and oxygen atoms in total. The van der Waals surface area contributed by atoms with Crippen molar-refractivity contribution in [3.8, 4) is 0 Å². The average molecular weight is 392 g/mol. The Morgan fingerprint density at radius 3 is 1.75 bits per heavy atom. The first-order valence-corrected chi connectivity index (χ1v) is 9.46. The van der Waals surface area contributed by atoms with Crippen LogP contribution < -0.4 is 29.6 Å².